The highest BCUT2D eigenvalue weighted by Crippen LogP contribution is 2.41. The Hall–Kier alpha value is -1.51. The predicted octanol–water partition coefficient (Wildman–Crippen LogP) is 4.17. The van der Waals surface area contributed by atoms with Crippen LogP contribution >= 0.6 is 0 Å². The third-order valence-electron chi connectivity index (χ3n) is 3.34. The normalized spacial score (nSPS) is 12.6. The maximum Gasteiger partial charge on any atom is 0.248 e. The van der Waals surface area contributed by atoms with Crippen molar-refractivity contribution in [2.75, 3.05) is 0 Å². The molecule has 2 N–H and O–H groups in total. The van der Waals surface area contributed by atoms with Crippen LogP contribution in [0.15, 0.2) is 12.1 Å². The predicted molar refractivity (Wildman–Crippen MR) is 88.1 cm³/mol. The number of hydrogen-bond donors (Lipinski definition) is 1. The molecule has 0 aliphatic heterocycles. The summed E-state index contributed by atoms with van der Waals surface area (Å²) in [5.41, 5.74) is 7.84. The van der Waals surface area contributed by atoms with E-state index in [0.717, 1.165) is 16.9 Å². The lowest BCUT2D eigenvalue weighted by molar-refractivity contribution is 0.1000. The summed E-state index contributed by atoms with van der Waals surface area (Å²) in [6, 6.07) is 3.74. The Kier molecular flexibility index (Phi) is 4.76. The first-order valence-electron chi connectivity index (χ1n) is 7.49. The number of carbonyl (C=O) groups excluding carboxylic acids is 1. The molecule has 3 heteroatoms. The van der Waals surface area contributed by atoms with Crippen LogP contribution in [0.1, 0.15) is 76.9 Å². The Morgan fingerprint density at radius 3 is 1.62 bits per heavy atom. The van der Waals surface area contributed by atoms with E-state index >= 15 is 0 Å². The van der Waals surface area contributed by atoms with Gasteiger partial charge in [0.05, 0.1) is 6.10 Å². The van der Waals surface area contributed by atoms with Gasteiger partial charge >= 0.3 is 0 Å². The maximum atomic E-state index is 11.7. The number of nitrogens with two attached hydrogens (primary N) is 1. The van der Waals surface area contributed by atoms with E-state index in [1.54, 1.807) is 0 Å². The van der Waals surface area contributed by atoms with Crippen LogP contribution in [0, 0.1) is 0 Å². The van der Waals surface area contributed by atoms with Crippen LogP contribution in [0.25, 0.3) is 0 Å². The SMILES string of the molecule is CC(C)Oc1c(C(C)(C)C)cc(C(N)=O)cc1C(C)(C)C. The molecule has 0 unspecified atom stereocenters. The zero-order valence-electron chi connectivity index (χ0n) is 14.6. The Bertz CT molecular complexity index is 496. The molecule has 0 spiro atoms. The van der Waals surface area contributed by atoms with Crippen LogP contribution in [0.2, 0.25) is 0 Å². The van der Waals surface area contributed by atoms with Crippen molar-refractivity contribution in [2.45, 2.75) is 72.3 Å². The van der Waals surface area contributed by atoms with Crippen molar-refractivity contribution in [1.82, 2.24) is 0 Å². The number of ether oxygens (including phenoxy) is 1. The molecule has 1 aromatic carbocycles. The number of rotatable bonds is 3. The van der Waals surface area contributed by atoms with E-state index in [1.165, 1.54) is 0 Å². The Morgan fingerprint density at radius 1 is 1.00 bits per heavy atom. The first kappa shape index (κ1) is 17.5. The zero-order valence-corrected chi connectivity index (χ0v) is 14.6. The Labute approximate surface area is 128 Å². The zero-order chi connectivity index (χ0) is 16.6. The molecule has 0 atom stereocenters. The Balaban J connectivity index is 3.73. The van der Waals surface area contributed by atoms with Gasteiger partial charge in [0.2, 0.25) is 5.91 Å². The van der Waals surface area contributed by atoms with Gasteiger partial charge in [0.15, 0.2) is 0 Å². The van der Waals surface area contributed by atoms with Crippen molar-refractivity contribution in [2.24, 2.45) is 5.73 Å². The first-order valence-corrected chi connectivity index (χ1v) is 7.49. The molecule has 118 valence electrons. The lowest BCUT2D eigenvalue weighted by atomic mass is 9.78. The van der Waals surface area contributed by atoms with Crippen molar-refractivity contribution in [3.63, 3.8) is 0 Å². The van der Waals surface area contributed by atoms with Gasteiger partial charge in [-0.25, -0.2) is 0 Å². The second-order valence-electron chi connectivity index (χ2n) is 7.93. The molecule has 3 nitrogen and oxygen atoms in total. The van der Waals surface area contributed by atoms with Crippen LogP contribution in [0.4, 0.5) is 0 Å². The fourth-order valence-electron chi connectivity index (χ4n) is 2.25. The van der Waals surface area contributed by atoms with E-state index in [2.05, 4.69) is 41.5 Å². The monoisotopic (exact) mass is 291 g/mol. The first-order chi connectivity index (χ1) is 9.34. The molecule has 1 amide bonds. The van der Waals surface area contributed by atoms with Crippen LogP contribution in [0.5, 0.6) is 5.75 Å². The molecular formula is C18H29NO2. The van der Waals surface area contributed by atoms with Crippen molar-refractivity contribution in [1.29, 1.82) is 0 Å². The van der Waals surface area contributed by atoms with Crippen molar-refractivity contribution in [3.8, 4) is 5.75 Å². The molecular weight excluding hydrogens is 262 g/mol. The highest BCUT2D eigenvalue weighted by molar-refractivity contribution is 5.93. The second-order valence-corrected chi connectivity index (χ2v) is 7.93. The molecule has 0 saturated heterocycles. The molecule has 0 fully saturated rings. The largest absolute Gasteiger partial charge is 0.490 e. The second kappa shape index (κ2) is 5.70. The van der Waals surface area contributed by atoms with Crippen LogP contribution in [0.3, 0.4) is 0 Å². The molecule has 1 aromatic rings. The molecule has 0 radical (unpaired) electrons. The maximum absolute atomic E-state index is 11.7. The minimum atomic E-state index is -0.401. The summed E-state index contributed by atoms with van der Waals surface area (Å²) >= 11 is 0. The van der Waals surface area contributed by atoms with Gasteiger partial charge in [-0.1, -0.05) is 41.5 Å². The summed E-state index contributed by atoms with van der Waals surface area (Å²) in [7, 11) is 0. The highest BCUT2D eigenvalue weighted by Gasteiger charge is 2.29. The molecule has 0 saturated carbocycles. The van der Waals surface area contributed by atoms with Gasteiger partial charge in [-0.2, -0.15) is 0 Å². The van der Waals surface area contributed by atoms with Gasteiger partial charge in [0.1, 0.15) is 5.75 Å². The number of carbonyl (C=O) groups is 1. The summed E-state index contributed by atoms with van der Waals surface area (Å²) in [5, 5.41) is 0. The van der Waals surface area contributed by atoms with E-state index in [0.29, 0.717) is 5.56 Å². The van der Waals surface area contributed by atoms with E-state index in [1.807, 2.05) is 26.0 Å². The highest BCUT2D eigenvalue weighted by atomic mass is 16.5. The van der Waals surface area contributed by atoms with Crippen molar-refractivity contribution < 1.29 is 9.53 Å². The molecule has 0 aliphatic carbocycles. The van der Waals surface area contributed by atoms with Gasteiger partial charge < -0.3 is 10.5 Å². The summed E-state index contributed by atoms with van der Waals surface area (Å²) in [4.78, 5) is 11.7. The smallest absolute Gasteiger partial charge is 0.248 e. The van der Waals surface area contributed by atoms with Crippen LogP contribution in [-0.2, 0) is 10.8 Å². The molecule has 0 aliphatic rings. The number of primary amides is 1. The van der Waals surface area contributed by atoms with Crippen molar-refractivity contribution >= 4 is 5.91 Å². The fourth-order valence-corrected chi connectivity index (χ4v) is 2.25. The van der Waals surface area contributed by atoms with Crippen molar-refractivity contribution in [3.05, 3.63) is 28.8 Å². The molecule has 0 heterocycles. The number of amides is 1. The van der Waals surface area contributed by atoms with Gasteiger partial charge in [-0.3, -0.25) is 4.79 Å². The van der Waals surface area contributed by atoms with Gasteiger partial charge in [-0.05, 0) is 36.8 Å². The minimum absolute atomic E-state index is 0.0756. The average Bonchev–Trinajstić information content (AvgIpc) is 2.24. The third-order valence-corrected chi connectivity index (χ3v) is 3.34. The summed E-state index contributed by atoms with van der Waals surface area (Å²) in [5.74, 6) is 0.483. The summed E-state index contributed by atoms with van der Waals surface area (Å²) < 4.78 is 6.11. The molecule has 0 aromatic heterocycles. The third kappa shape index (κ3) is 4.23. The van der Waals surface area contributed by atoms with Crippen LogP contribution < -0.4 is 10.5 Å². The van der Waals surface area contributed by atoms with E-state index in [4.69, 9.17) is 10.5 Å². The minimum Gasteiger partial charge on any atom is -0.490 e. The Morgan fingerprint density at radius 2 is 1.38 bits per heavy atom. The van der Waals surface area contributed by atoms with E-state index < -0.39 is 5.91 Å². The van der Waals surface area contributed by atoms with Gasteiger partial charge in [-0.15, -0.1) is 0 Å². The fraction of sp³-hybridized carbons (Fsp3) is 0.611. The molecule has 1 rings (SSSR count). The van der Waals surface area contributed by atoms with Gasteiger partial charge in [0.25, 0.3) is 0 Å². The lowest BCUT2D eigenvalue weighted by Crippen LogP contribution is -2.24. The summed E-state index contributed by atoms with van der Waals surface area (Å²) in [6.07, 6.45) is 0.0756. The quantitative estimate of drug-likeness (QED) is 0.908. The topological polar surface area (TPSA) is 52.3 Å². The average molecular weight is 291 g/mol. The number of benzene rings is 1. The van der Waals surface area contributed by atoms with Crippen LogP contribution in [-0.4, -0.2) is 12.0 Å². The van der Waals surface area contributed by atoms with E-state index in [9.17, 15) is 4.79 Å². The lowest BCUT2D eigenvalue weighted by Gasteiger charge is -2.31. The molecule has 0 bridgehead atoms. The number of hydrogen-bond acceptors (Lipinski definition) is 2. The standard InChI is InChI=1S/C18H29NO2/c1-11(2)21-15-13(17(3,4)5)9-12(16(19)20)10-14(15)18(6,7)8/h9-11H,1-8H3,(H2,19,20). The van der Waals surface area contributed by atoms with E-state index in [-0.39, 0.29) is 16.9 Å². The summed E-state index contributed by atoms with van der Waals surface area (Å²) in [6.45, 7) is 16.7. The van der Waals surface area contributed by atoms with Gasteiger partial charge in [0, 0.05) is 16.7 Å². The molecule has 21 heavy (non-hydrogen) atoms.